The van der Waals surface area contributed by atoms with Crippen LogP contribution >= 0.6 is 0 Å². The SMILES string of the molecule is C#CCOc1ccc(COc2ccc(C#N)cc2)cc1. The molecule has 0 aliphatic heterocycles. The first-order valence-corrected chi connectivity index (χ1v) is 6.10. The highest BCUT2D eigenvalue weighted by Crippen LogP contribution is 2.16. The fraction of sp³-hybridized carbons (Fsp3) is 0.118. The lowest BCUT2D eigenvalue weighted by Crippen LogP contribution is -1.97. The van der Waals surface area contributed by atoms with Crippen molar-refractivity contribution in [3.05, 3.63) is 59.7 Å². The average molecular weight is 263 g/mol. The Balaban J connectivity index is 1.90. The van der Waals surface area contributed by atoms with Gasteiger partial charge in [0.25, 0.3) is 0 Å². The highest BCUT2D eigenvalue weighted by atomic mass is 16.5. The predicted octanol–water partition coefficient (Wildman–Crippen LogP) is 3.15. The van der Waals surface area contributed by atoms with Crippen molar-refractivity contribution in [1.82, 2.24) is 0 Å². The first-order valence-electron chi connectivity index (χ1n) is 6.10. The molecule has 2 rings (SSSR count). The standard InChI is InChI=1S/C17H13NO2/c1-2-11-19-16-9-5-15(6-10-16)13-20-17-7-3-14(12-18)4-8-17/h1,3-10H,11,13H2. The largest absolute Gasteiger partial charge is 0.489 e. The van der Waals surface area contributed by atoms with Gasteiger partial charge in [0.1, 0.15) is 24.7 Å². The Hall–Kier alpha value is -2.91. The third kappa shape index (κ3) is 3.80. The third-order valence-electron chi connectivity index (χ3n) is 2.63. The fourth-order valence-electron chi connectivity index (χ4n) is 1.60. The molecule has 0 fully saturated rings. The quantitative estimate of drug-likeness (QED) is 0.778. The number of terminal acetylenes is 1. The number of rotatable bonds is 5. The predicted molar refractivity (Wildman–Crippen MR) is 76.3 cm³/mol. The molecule has 0 radical (unpaired) electrons. The van der Waals surface area contributed by atoms with E-state index in [9.17, 15) is 0 Å². The topological polar surface area (TPSA) is 42.2 Å². The molecule has 0 aliphatic rings. The van der Waals surface area contributed by atoms with Crippen LogP contribution in [0.1, 0.15) is 11.1 Å². The monoisotopic (exact) mass is 263 g/mol. The van der Waals surface area contributed by atoms with Crippen molar-refractivity contribution in [3.63, 3.8) is 0 Å². The smallest absolute Gasteiger partial charge is 0.148 e. The Morgan fingerprint density at radius 1 is 0.900 bits per heavy atom. The van der Waals surface area contributed by atoms with E-state index < -0.39 is 0 Å². The normalized spacial score (nSPS) is 9.30. The number of benzene rings is 2. The highest BCUT2D eigenvalue weighted by Gasteiger charge is 1.98. The minimum absolute atomic E-state index is 0.265. The molecule has 20 heavy (non-hydrogen) atoms. The summed E-state index contributed by atoms with van der Waals surface area (Å²) >= 11 is 0. The zero-order valence-corrected chi connectivity index (χ0v) is 10.9. The summed E-state index contributed by atoms with van der Waals surface area (Å²) in [5.74, 6) is 3.89. The van der Waals surface area contributed by atoms with Gasteiger partial charge in [-0.1, -0.05) is 18.1 Å². The molecule has 98 valence electrons. The van der Waals surface area contributed by atoms with Gasteiger partial charge in [-0.25, -0.2) is 0 Å². The Bertz CT molecular complexity index is 631. The van der Waals surface area contributed by atoms with Gasteiger partial charge >= 0.3 is 0 Å². The second-order valence-electron chi connectivity index (χ2n) is 4.06. The second-order valence-corrected chi connectivity index (χ2v) is 4.06. The van der Waals surface area contributed by atoms with Gasteiger partial charge in [0.05, 0.1) is 11.6 Å². The van der Waals surface area contributed by atoms with Crippen molar-refractivity contribution >= 4 is 0 Å². The molecule has 0 amide bonds. The molecule has 0 spiro atoms. The van der Waals surface area contributed by atoms with E-state index in [1.54, 1.807) is 24.3 Å². The van der Waals surface area contributed by atoms with Gasteiger partial charge in [-0.3, -0.25) is 0 Å². The molecule has 0 saturated heterocycles. The summed E-state index contributed by atoms with van der Waals surface area (Å²) in [6.45, 7) is 0.725. The van der Waals surface area contributed by atoms with Crippen molar-refractivity contribution in [2.75, 3.05) is 6.61 Å². The van der Waals surface area contributed by atoms with E-state index in [-0.39, 0.29) is 6.61 Å². The summed E-state index contributed by atoms with van der Waals surface area (Å²) in [5, 5.41) is 8.71. The minimum Gasteiger partial charge on any atom is -0.489 e. The van der Waals surface area contributed by atoms with E-state index in [2.05, 4.69) is 12.0 Å². The van der Waals surface area contributed by atoms with E-state index >= 15 is 0 Å². The summed E-state index contributed by atoms with van der Waals surface area (Å²) in [6, 6.07) is 16.6. The van der Waals surface area contributed by atoms with E-state index in [1.807, 2.05) is 24.3 Å². The van der Waals surface area contributed by atoms with Gasteiger partial charge in [0.15, 0.2) is 0 Å². The van der Waals surface area contributed by atoms with Crippen LogP contribution in [-0.4, -0.2) is 6.61 Å². The molecule has 0 saturated carbocycles. The zero-order chi connectivity index (χ0) is 14.2. The number of hydrogen-bond donors (Lipinski definition) is 0. The summed E-state index contributed by atoms with van der Waals surface area (Å²) in [4.78, 5) is 0. The van der Waals surface area contributed by atoms with Crippen LogP contribution in [0.5, 0.6) is 11.5 Å². The Morgan fingerprint density at radius 2 is 1.50 bits per heavy atom. The molecule has 2 aromatic carbocycles. The molecular formula is C17H13NO2. The molecule has 0 bridgehead atoms. The summed E-state index contributed by atoms with van der Waals surface area (Å²) < 4.78 is 10.9. The molecule has 0 atom stereocenters. The molecule has 0 aromatic heterocycles. The average Bonchev–Trinajstić information content (AvgIpc) is 2.52. The zero-order valence-electron chi connectivity index (χ0n) is 10.9. The molecule has 0 heterocycles. The highest BCUT2D eigenvalue weighted by molar-refractivity contribution is 5.35. The number of nitriles is 1. The molecule has 0 N–H and O–H groups in total. The summed E-state index contributed by atoms with van der Waals surface area (Å²) in [7, 11) is 0. The van der Waals surface area contributed by atoms with Crippen molar-refractivity contribution in [2.45, 2.75) is 6.61 Å². The third-order valence-corrected chi connectivity index (χ3v) is 2.63. The van der Waals surface area contributed by atoms with Crippen LogP contribution in [0.25, 0.3) is 0 Å². The van der Waals surface area contributed by atoms with Gasteiger partial charge < -0.3 is 9.47 Å². The van der Waals surface area contributed by atoms with E-state index in [1.165, 1.54) is 0 Å². The van der Waals surface area contributed by atoms with Crippen LogP contribution < -0.4 is 9.47 Å². The van der Waals surface area contributed by atoms with Crippen LogP contribution in [0.2, 0.25) is 0 Å². The van der Waals surface area contributed by atoms with Crippen molar-refractivity contribution in [1.29, 1.82) is 5.26 Å². The van der Waals surface area contributed by atoms with Gasteiger partial charge in [-0.15, -0.1) is 6.42 Å². The van der Waals surface area contributed by atoms with E-state index in [0.29, 0.717) is 12.2 Å². The van der Waals surface area contributed by atoms with E-state index in [0.717, 1.165) is 17.1 Å². The lowest BCUT2D eigenvalue weighted by Gasteiger charge is -2.07. The maximum absolute atomic E-state index is 8.71. The van der Waals surface area contributed by atoms with Crippen LogP contribution in [0.3, 0.4) is 0 Å². The number of nitrogens with zero attached hydrogens (tertiary/aromatic N) is 1. The van der Waals surface area contributed by atoms with Gasteiger partial charge in [0.2, 0.25) is 0 Å². The van der Waals surface area contributed by atoms with Gasteiger partial charge in [0, 0.05) is 0 Å². The Kier molecular flexibility index (Phi) is 4.65. The maximum atomic E-state index is 8.71. The lowest BCUT2D eigenvalue weighted by atomic mass is 10.2. The maximum Gasteiger partial charge on any atom is 0.148 e. The van der Waals surface area contributed by atoms with Crippen molar-refractivity contribution < 1.29 is 9.47 Å². The minimum atomic E-state index is 0.265. The first-order chi connectivity index (χ1) is 9.81. The first kappa shape index (κ1) is 13.5. The van der Waals surface area contributed by atoms with Crippen LogP contribution in [0.15, 0.2) is 48.5 Å². The molecule has 3 heteroatoms. The van der Waals surface area contributed by atoms with Crippen LogP contribution in [-0.2, 0) is 6.61 Å². The molecule has 0 aliphatic carbocycles. The van der Waals surface area contributed by atoms with Gasteiger partial charge in [-0.05, 0) is 42.0 Å². The van der Waals surface area contributed by atoms with Crippen LogP contribution in [0, 0.1) is 23.7 Å². The number of ether oxygens (including phenoxy) is 2. The molecule has 2 aromatic rings. The summed E-state index contributed by atoms with van der Waals surface area (Å²) in [5.41, 5.74) is 1.65. The second kappa shape index (κ2) is 6.87. The number of hydrogen-bond acceptors (Lipinski definition) is 3. The fourth-order valence-corrected chi connectivity index (χ4v) is 1.60. The van der Waals surface area contributed by atoms with Crippen molar-refractivity contribution in [3.8, 4) is 29.9 Å². The Labute approximate surface area is 118 Å². The molecule has 3 nitrogen and oxygen atoms in total. The lowest BCUT2D eigenvalue weighted by molar-refractivity contribution is 0.306. The summed E-state index contributed by atoms with van der Waals surface area (Å²) in [6.07, 6.45) is 5.12. The Morgan fingerprint density at radius 3 is 2.10 bits per heavy atom. The van der Waals surface area contributed by atoms with Crippen molar-refractivity contribution in [2.24, 2.45) is 0 Å². The van der Waals surface area contributed by atoms with E-state index in [4.69, 9.17) is 21.2 Å². The molecule has 0 unspecified atom stereocenters. The van der Waals surface area contributed by atoms with Gasteiger partial charge in [-0.2, -0.15) is 5.26 Å². The molecular weight excluding hydrogens is 250 g/mol. The van der Waals surface area contributed by atoms with Crippen LogP contribution in [0.4, 0.5) is 0 Å².